The van der Waals surface area contributed by atoms with E-state index >= 15 is 0 Å². The molecule has 1 saturated heterocycles. The van der Waals surface area contributed by atoms with Crippen molar-refractivity contribution >= 4 is 17.6 Å². The molecule has 0 N–H and O–H groups in total. The Morgan fingerprint density at radius 1 is 1.00 bits per heavy atom. The van der Waals surface area contributed by atoms with Gasteiger partial charge in [-0.1, -0.05) is 12.1 Å². The third kappa shape index (κ3) is 4.56. The van der Waals surface area contributed by atoms with Crippen LogP contribution in [0.1, 0.15) is 12.6 Å². The summed E-state index contributed by atoms with van der Waals surface area (Å²) in [5, 5.41) is 0. The Bertz CT molecular complexity index is 730. The van der Waals surface area contributed by atoms with Crippen LogP contribution >= 0.6 is 0 Å². The maximum absolute atomic E-state index is 12.6. The van der Waals surface area contributed by atoms with E-state index in [1.54, 1.807) is 12.4 Å². The van der Waals surface area contributed by atoms with E-state index in [1.807, 2.05) is 41.3 Å². The van der Waals surface area contributed by atoms with E-state index in [9.17, 15) is 9.59 Å². The Morgan fingerprint density at radius 3 is 2.27 bits per heavy atom. The van der Waals surface area contributed by atoms with Crippen molar-refractivity contribution in [2.75, 3.05) is 37.6 Å². The number of pyridine rings is 2. The highest BCUT2D eigenvalue weighted by Gasteiger charge is 2.24. The summed E-state index contributed by atoms with van der Waals surface area (Å²) in [4.78, 5) is 38.6. The Morgan fingerprint density at radius 2 is 1.69 bits per heavy atom. The van der Waals surface area contributed by atoms with Gasteiger partial charge in [-0.3, -0.25) is 14.6 Å². The first kappa shape index (κ1) is 17.8. The fourth-order valence-electron chi connectivity index (χ4n) is 2.95. The summed E-state index contributed by atoms with van der Waals surface area (Å²) in [5.74, 6) is 0.771. The number of rotatable bonds is 5. The Hall–Kier alpha value is -2.96. The van der Waals surface area contributed by atoms with Gasteiger partial charge in [0.2, 0.25) is 11.8 Å². The van der Waals surface area contributed by atoms with E-state index in [0.717, 1.165) is 24.6 Å². The zero-order valence-corrected chi connectivity index (χ0v) is 14.9. The first-order chi connectivity index (χ1) is 12.6. The molecular formula is C19H23N5O2. The molecule has 0 aromatic carbocycles. The van der Waals surface area contributed by atoms with Crippen LogP contribution in [0.3, 0.4) is 0 Å². The number of hydrogen-bond acceptors (Lipinski definition) is 5. The van der Waals surface area contributed by atoms with Gasteiger partial charge in [0.1, 0.15) is 12.4 Å². The van der Waals surface area contributed by atoms with Crippen LogP contribution in [0, 0.1) is 0 Å². The van der Waals surface area contributed by atoms with Crippen molar-refractivity contribution in [3.8, 4) is 0 Å². The number of carbonyl (C=O) groups is 2. The maximum atomic E-state index is 12.6. The Labute approximate surface area is 153 Å². The van der Waals surface area contributed by atoms with Gasteiger partial charge in [0.25, 0.3) is 0 Å². The lowest BCUT2D eigenvalue weighted by atomic mass is 10.2. The van der Waals surface area contributed by atoms with E-state index < -0.39 is 0 Å². The first-order valence-corrected chi connectivity index (χ1v) is 8.72. The van der Waals surface area contributed by atoms with E-state index in [0.29, 0.717) is 19.6 Å². The van der Waals surface area contributed by atoms with Gasteiger partial charge in [-0.15, -0.1) is 0 Å². The summed E-state index contributed by atoms with van der Waals surface area (Å²) in [6, 6.07) is 11.4. The zero-order chi connectivity index (χ0) is 18.4. The molecule has 0 aliphatic carbocycles. The minimum absolute atomic E-state index is 0.0307. The van der Waals surface area contributed by atoms with Crippen LogP contribution in [0.25, 0.3) is 0 Å². The lowest BCUT2D eigenvalue weighted by Gasteiger charge is -2.36. The van der Waals surface area contributed by atoms with Gasteiger partial charge in [0, 0.05) is 45.5 Å². The van der Waals surface area contributed by atoms with Gasteiger partial charge in [-0.25, -0.2) is 4.98 Å². The fraction of sp³-hybridized carbons (Fsp3) is 0.368. The third-order valence-corrected chi connectivity index (χ3v) is 4.46. The average Bonchev–Trinajstić information content (AvgIpc) is 2.69. The molecule has 2 aromatic heterocycles. The first-order valence-electron chi connectivity index (χ1n) is 8.72. The molecule has 136 valence electrons. The molecular weight excluding hydrogens is 330 g/mol. The van der Waals surface area contributed by atoms with Crippen molar-refractivity contribution in [2.24, 2.45) is 0 Å². The van der Waals surface area contributed by atoms with Crippen molar-refractivity contribution in [1.82, 2.24) is 19.8 Å². The highest BCUT2D eigenvalue weighted by atomic mass is 16.2. The molecule has 0 unspecified atom stereocenters. The van der Waals surface area contributed by atoms with E-state index in [2.05, 4.69) is 14.9 Å². The topological polar surface area (TPSA) is 69.6 Å². The van der Waals surface area contributed by atoms with E-state index in [4.69, 9.17) is 0 Å². The maximum Gasteiger partial charge on any atom is 0.242 e. The molecule has 1 aliphatic rings. The van der Waals surface area contributed by atoms with Crippen LogP contribution in [0.5, 0.6) is 0 Å². The Kier molecular flexibility index (Phi) is 5.78. The summed E-state index contributed by atoms with van der Waals surface area (Å²) >= 11 is 0. The summed E-state index contributed by atoms with van der Waals surface area (Å²) < 4.78 is 0. The second-order valence-electron chi connectivity index (χ2n) is 6.25. The molecule has 0 radical (unpaired) electrons. The van der Waals surface area contributed by atoms with Crippen LogP contribution in [0.2, 0.25) is 0 Å². The summed E-state index contributed by atoms with van der Waals surface area (Å²) in [6.45, 7) is 4.64. The highest BCUT2D eigenvalue weighted by Crippen LogP contribution is 2.13. The minimum Gasteiger partial charge on any atom is -0.353 e. The van der Waals surface area contributed by atoms with Crippen molar-refractivity contribution in [3.63, 3.8) is 0 Å². The van der Waals surface area contributed by atoms with Crippen molar-refractivity contribution in [1.29, 1.82) is 0 Å². The zero-order valence-electron chi connectivity index (χ0n) is 14.9. The van der Waals surface area contributed by atoms with Crippen LogP contribution in [-0.2, 0) is 16.1 Å². The van der Waals surface area contributed by atoms with Crippen molar-refractivity contribution < 1.29 is 9.59 Å². The molecule has 7 heteroatoms. The second-order valence-corrected chi connectivity index (χ2v) is 6.25. The molecule has 1 fully saturated rings. The van der Waals surface area contributed by atoms with E-state index in [1.165, 1.54) is 11.8 Å². The number of piperazine rings is 1. The fourth-order valence-corrected chi connectivity index (χ4v) is 2.95. The van der Waals surface area contributed by atoms with Crippen LogP contribution in [-0.4, -0.2) is 64.3 Å². The van der Waals surface area contributed by atoms with Gasteiger partial charge in [-0.05, 0) is 24.3 Å². The quantitative estimate of drug-likeness (QED) is 0.807. The standard InChI is InChI=1S/C19H23N5O2/c1-16(25)24(14-17-6-2-4-8-20-17)15-19(26)23-12-10-22(11-13-23)18-7-3-5-9-21-18/h2-9H,10-15H2,1H3. The molecule has 7 nitrogen and oxygen atoms in total. The summed E-state index contributed by atoms with van der Waals surface area (Å²) in [7, 11) is 0. The molecule has 2 amide bonds. The van der Waals surface area contributed by atoms with Crippen molar-refractivity contribution in [3.05, 3.63) is 54.5 Å². The number of nitrogens with zero attached hydrogens (tertiary/aromatic N) is 5. The largest absolute Gasteiger partial charge is 0.353 e. The van der Waals surface area contributed by atoms with Crippen LogP contribution < -0.4 is 4.90 Å². The predicted molar refractivity (Wildman–Crippen MR) is 98.4 cm³/mol. The minimum atomic E-state index is -0.129. The number of amides is 2. The summed E-state index contributed by atoms with van der Waals surface area (Å²) in [6.07, 6.45) is 3.46. The van der Waals surface area contributed by atoms with Gasteiger partial charge in [0.15, 0.2) is 0 Å². The number of aromatic nitrogens is 2. The van der Waals surface area contributed by atoms with Gasteiger partial charge < -0.3 is 14.7 Å². The third-order valence-electron chi connectivity index (χ3n) is 4.46. The molecule has 0 saturated carbocycles. The molecule has 0 atom stereocenters. The second kappa shape index (κ2) is 8.42. The predicted octanol–water partition coefficient (Wildman–Crippen LogP) is 1.17. The highest BCUT2D eigenvalue weighted by molar-refractivity contribution is 5.84. The number of carbonyl (C=O) groups excluding carboxylic acids is 2. The lowest BCUT2D eigenvalue weighted by Crippen LogP contribution is -2.51. The van der Waals surface area contributed by atoms with Crippen LogP contribution in [0.15, 0.2) is 48.8 Å². The smallest absolute Gasteiger partial charge is 0.242 e. The molecule has 3 heterocycles. The van der Waals surface area contributed by atoms with Gasteiger partial charge in [0.05, 0.1) is 12.2 Å². The van der Waals surface area contributed by atoms with Gasteiger partial charge in [-0.2, -0.15) is 0 Å². The molecule has 0 bridgehead atoms. The number of hydrogen-bond donors (Lipinski definition) is 0. The Balaban J connectivity index is 1.54. The molecule has 3 rings (SSSR count). The van der Waals surface area contributed by atoms with E-state index in [-0.39, 0.29) is 18.4 Å². The normalized spacial score (nSPS) is 14.2. The van der Waals surface area contributed by atoms with Crippen molar-refractivity contribution in [2.45, 2.75) is 13.5 Å². The van der Waals surface area contributed by atoms with Gasteiger partial charge >= 0.3 is 0 Å². The molecule has 26 heavy (non-hydrogen) atoms. The SMILES string of the molecule is CC(=O)N(CC(=O)N1CCN(c2ccccn2)CC1)Cc1ccccn1. The van der Waals surface area contributed by atoms with Crippen LogP contribution in [0.4, 0.5) is 5.82 Å². The molecule has 0 spiro atoms. The molecule has 1 aliphatic heterocycles. The number of anilines is 1. The molecule has 2 aromatic rings. The summed E-state index contributed by atoms with van der Waals surface area (Å²) in [5.41, 5.74) is 0.774. The monoisotopic (exact) mass is 353 g/mol. The average molecular weight is 353 g/mol. The lowest BCUT2D eigenvalue weighted by molar-refractivity contribution is -0.140.